The van der Waals surface area contributed by atoms with Gasteiger partial charge in [-0.05, 0) is 24.3 Å². The topological polar surface area (TPSA) is 93.7 Å². The van der Waals surface area contributed by atoms with Gasteiger partial charge in [0, 0.05) is 11.6 Å². The van der Waals surface area contributed by atoms with Crippen LogP contribution >= 0.6 is 22.2 Å². The number of alkyl halides is 2. The summed E-state index contributed by atoms with van der Waals surface area (Å²) >= 11 is 5.98. The Hall–Kier alpha value is -1.96. The lowest BCUT2D eigenvalue weighted by Crippen LogP contribution is -2.26. The Kier molecular flexibility index (Phi) is 4.14. The van der Waals surface area contributed by atoms with Crippen LogP contribution in [-0.2, 0) is 0 Å². The van der Waals surface area contributed by atoms with Crippen LogP contribution in [-0.4, -0.2) is 19.5 Å². The van der Waals surface area contributed by atoms with E-state index in [2.05, 4.69) is 0 Å². The van der Waals surface area contributed by atoms with Crippen LogP contribution < -0.4 is 4.74 Å². The molecule has 25 heavy (non-hydrogen) atoms. The molecule has 2 aromatic rings. The summed E-state index contributed by atoms with van der Waals surface area (Å²) in [6.45, 7) is 0. The summed E-state index contributed by atoms with van der Waals surface area (Å²) in [5, 5.41) is 13.9. The van der Waals surface area contributed by atoms with Crippen molar-refractivity contribution in [3.05, 3.63) is 52.3 Å². The summed E-state index contributed by atoms with van der Waals surface area (Å²) in [4.78, 5) is -0.584. The predicted octanol–water partition coefficient (Wildman–Crippen LogP) is 4.89. The van der Waals surface area contributed by atoms with Gasteiger partial charge in [-0.1, -0.05) is 11.6 Å². The van der Waals surface area contributed by atoms with E-state index in [1.165, 1.54) is 6.07 Å². The number of hydrogen-bond acceptors (Lipinski definition) is 5. The van der Waals surface area contributed by atoms with Crippen molar-refractivity contribution in [1.82, 2.24) is 0 Å². The Balaban J connectivity index is 2.07. The minimum absolute atomic E-state index is 0.0342. The highest BCUT2D eigenvalue weighted by molar-refractivity contribution is 8.25. The molecule has 1 aliphatic rings. The summed E-state index contributed by atoms with van der Waals surface area (Å²) in [6, 6.07) is 6.87. The van der Waals surface area contributed by atoms with Gasteiger partial charge >= 0.3 is 5.25 Å². The molecule has 0 saturated heterocycles. The first-order chi connectivity index (χ1) is 11.6. The normalized spacial score (nSPS) is 21.3. The van der Waals surface area contributed by atoms with Gasteiger partial charge in [-0.2, -0.15) is 14.0 Å². The first kappa shape index (κ1) is 17.8. The molecule has 3 N–H and O–H groups in total. The predicted molar refractivity (Wildman–Crippen MR) is 83.7 cm³/mol. The van der Waals surface area contributed by atoms with Crippen LogP contribution in [0.4, 0.5) is 13.2 Å². The number of nitrogens with zero attached hydrogens (tertiary/aromatic N) is 1. The van der Waals surface area contributed by atoms with Crippen LogP contribution in [0.2, 0.25) is 5.02 Å². The number of aliphatic hydroxyl groups excluding tert-OH is 1. The smallest absolute Gasteiger partial charge is 0.371 e. The third kappa shape index (κ3) is 2.63. The highest BCUT2D eigenvalue weighted by Crippen LogP contribution is 2.73. The zero-order valence-corrected chi connectivity index (χ0v) is 13.7. The molecular formula is C15H9ClF3NO4S. The zero-order valence-electron chi connectivity index (χ0n) is 12.1. The van der Waals surface area contributed by atoms with Crippen LogP contribution in [0.25, 0.3) is 0 Å². The number of halogens is 4. The number of rotatable bonds is 2. The van der Waals surface area contributed by atoms with Gasteiger partial charge in [0.05, 0.1) is 21.6 Å². The number of benzene rings is 2. The summed E-state index contributed by atoms with van der Waals surface area (Å²) in [7, 11) is -4.59. The lowest BCUT2D eigenvalue weighted by molar-refractivity contribution is -0.0433. The van der Waals surface area contributed by atoms with Crippen molar-refractivity contribution >= 4 is 22.2 Å². The molecule has 1 atom stereocenters. The maximum absolute atomic E-state index is 13.9. The minimum atomic E-state index is -4.59. The van der Waals surface area contributed by atoms with Crippen molar-refractivity contribution in [2.24, 2.45) is 0 Å². The Labute approximate surface area is 146 Å². The largest absolute Gasteiger partial charge is 0.456 e. The first-order valence-corrected chi connectivity index (χ1v) is 8.56. The average Bonchev–Trinajstić information content (AvgIpc) is 2.67. The van der Waals surface area contributed by atoms with E-state index in [0.29, 0.717) is 0 Å². The number of aliphatic hydroxyl groups is 1. The fourth-order valence-electron chi connectivity index (χ4n) is 2.42. The maximum Gasteiger partial charge on any atom is 0.371 e. The standard InChI is InChI=1S/C15H9ClF3NO4S/c16-13-10(24-9-4-7(6-20)3-8(17)5-9)1-2-11-12(13)14(21)15(18,19)25(11,22)23/h1-5,14,21-23H/t14-/m1/s1. The van der Waals surface area contributed by atoms with Crippen molar-refractivity contribution in [2.45, 2.75) is 16.3 Å². The summed E-state index contributed by atoms with van der Waals surface area (Å²) < 4.78 is 65.9. The molecule has 0 bridgehead atoms. The van der Waals surface area contributed by atoms with Crippen molar-refractivity contribution in [1.29, 1.82) is 5.26 Å². The fraction of sp³-hybridized carbons (Fsp3) is 0.133. The van der Waals surface area contributed by atoms with Crippen LogP contribution in [0.1, 0.15) is 17.2 Å². The van der Waals surface area contributed by atoms with E-state index in [9.17, 15) is 27.4 Å². The third-order valence-corrected chi connectivity index (χ3v) is 5.95. The summed E-state index contributed by atoms with van der Waals surface area (Å²) in [5.41, 5.74) is -0.603. The lowest BCUT2D eigenvalue weighted by Gasteiger charge is -2.34. The van der Waals surface area contributed by atoms with Crippen LogP contribution in [0.5, 0.6) is 11.5 Å². The Morgan fingerprint density at radius 3 is 2.56 bits per heavy atom. The van der Waals surface area contributed by atoms with Crippen molar-refractivity contribution in [2.75, 3.05) is 0 Å². The third-order valence-electron chi connectivity index (χ3n) is 3.61. The zero-order chi connectivity index (χ0) is 18.6. The fourth-order valence-corrected chi connectivity index (χ4v) is 4.28. The molecule has 5 nitrogen and oxygen atoms in total. The monoisotopic (exact) mass is 391 g/mol. The Morgan fingerprint density at radius 2 is 1.92 bits per heavy atom. The van der Waals surface area contributed by atoms with Crippen LogP contribution in [0, 0.1) is 17.1 Å². The van der Waals surface area contributed by atoms with E-state index in [0.717, 1.165) is 24.3 Å². The van der Waals surface area contributed by atoms with Gasteiger partial charge in [-0.15, -0.1) is 10.6 Å². The van der Waals surface area contributed by atoms with E-state index in [-0.39, 0.29) is 17.1 Å². The van der Waals surface area contributed by atoms with Crippen LogP contribution in [0.3, 0.4) is 0 Å². The van der Waals surface area contributed by atoms with E-state index >= 15 is 0 Å². The average molecular weight is 392 g/mol. The maximum atomic E-state index is 13.9. The molecule has 0 unspecified atom stereocenters. The van der Waals surface area contributed by atoms with Crippen LogP contribution in [0.15, 0.2) is 35.2 Å². The molecule has 0 amide bonds. The molecule has 10 heteroatoms. The molecule has 0 spiro atoms. The number of ether oxygens (including phenoxy) is 1. The molecule has 2 aromatic carbocycles. The second-order valence-corrected chi connectivity index (χ2v) is 7.65. The molecule has 0 aliphatic carbocycles. The Bertz CT molecular complexity index is 916. The molecule has 3 rings (SSSR count). The van der Waals surface area contributed by atoms with Gasteiger partial charge in [0.2, 0.25) is 0 Å². The first-order valence-electron chi connectivity index (χ1n) is 6.64. The van der Waals surface area contributed by atoms with Crippen molar-refractivity contribution in [3.63, 3.8) is 0 Å². The van der Waals surface area contributed by atoms with E-state index in [1.807, 2.05) is 0 Å². The van der Waals surface area contributed by atoms with Crippen molar-refractivity contribution in [3.8, 4) is 17.6 Å². The van der Waals surface area contributed by atoms with Crippen molar-refractivity contribution < 1.29 is 32.1 Å². The molecule has 1 heterocycles. The second-order valence-electron chi connectivity index (χ2n) is 5.19. The Morgan fingerprint density at radius 1 is 1.24 bits per heavy atom. The molecule has 132 valence electrons. The lowest BCUT2D eigenvalue weighted by atomic mass is 10.1. The summed E-state index contributed by atoms with van der Waals surface area (Å²) in [5.74, 6) is -1.10. The van der Waals surface area contributed by atoms with E-state index < -0.39 is 43.2 Å². The number of fused-ring (bicyclic) bond motifs is 1. The van der Waals surface area contributed by atoms with Gasteiger partial charge < -0.3 is 9.84 Å². The molecule has 1 aliphatic heterocycles. The molecule has 0 saturated carbocycles. The summed E-state index contributed by atoms with van der Waals surface area (Å²) in [6.07, 6.45) is -2.54. The van der Waals surface area contributed by atoms with E-state index in [4.69, 9.17) is 21.6 Å². The highest BCUT2D eigenvalue weighted by Gasteiger charge is 2.61. The van der Waals surface area contributed by atoms with Gasteiger partial charge in [-0.3, -0.25) is 9.11 Å². The molecular weight excluding hydrogens is 383 g/mol. The van der Waals surface area contributed by atoms with Gasteiger partial charge in [0.1, 0.15) is 17.3 Å². The van der Waals surface area contributed by atoms with E-state index in [1.54, 1.807) is 6.07 Å². The van der Waals surface area contributed by atoms with Gasteiger partial charge in [-0.25, -0.2) is 4.39 Å². The quantitative estimate of drug-likeness (QED) is 0.677. The van der Waals surface area contributed by atoms with Gasteiger partial charge in [0.25, 0.3) is 0 Å². The molecule has 0 aromatic heterocycles. The number of nitriles is 1. The van der Waals surface area contributed by atoms with Gasteiger partial charge in [0.15, 0.2) is 6.10 Å². The number of hydrogen-bond donors (Lipinski definition) is 3. The molecule has 0 fully saturated rings. The molecule has 0 radical (unpaired) electrons. The SMILES string of the molecule is N#Cc1cc(F)cc(Oc2ccc3c(c2Cl)[C@@H](O)C(F)(F)S3(O)O)c1. The highest BCUT2D eigenvalue weighted by atomic mass is 35.5. The second kappa shape index (κ2) is 5.79. The minimum Gasteiger partial charge on any atom is -0.456 e.